The molecule has 0 saturated carbocycles. The molecule has 0 amide bonds. The minimum atomic E-state index is -3.77. The number of halogens is 1. The van der Waals surface area contributed by atoms with E-state index in [1.807, 2.05) is 0 Å². The van der Waals surface area contributed by atoms with Crippen molar-refractivity contribution in [3.05, 3.63) is 41.6 Å². The minimum absolute atomic E-state index is 0.0388. The lowest BCUT2D eigenvalue weighted by Crippen LogP contribution is -2.15. The van der Waals surface area contributed by atoms with Crippen molar-refractivity contribution >= 4 is 33.1 Å². The Morgan fingerprint density at radius 2 is 2.04 bits per heavy atom. The highest BCUT2D eigenvalue weighted by Crippen LogP contribution is 2.27. The Hall–Kier alpha value is -1.99. The van der Waals surface area contributed by atoms with Crippen LogP contribution in [0.4, 0.5) is 11.5 Å². The number of benzene rings is 1. The fourth-order valence-electron chi connectivity index (χ4n) is 1.94. The standard InChI is InChI=1S/C16H20ClN3O3S/c1-4-11(2)19-12-5-8-16(18-10-12)20-24(21,22)13-6-7-15(23-3)14(17)9-13/h5-11,19H,4H2,1-3H3,(H,18,20). The molecule has 24 heavy (non-hydrogen) atoms. The molecule has 6 nitrogen and oxygen atoms in total. The fourth-order valence-corrected chi connectivity index (χ4v) is 3.29. The van der Waals surface area contributed by atoms with Crippen molar-refractivity contribution in [2.45, 2.75) is 31.2 Å². The van der Waals surface area contributed by atoms with Crippen LogP contribution in [0.3, 0.4) is 0 Å². The molecular weight excluding hydrogens is 350 g/mol. The van der Waals surface area contributed by atoms with E-state index in [-0.39, 0.29) is 15.7 Å². The van der Waals surface area contributed by atoms with Crippen molar-refractivity contribution in [3.8, 4) is 5.75 Å². The summed E-state index contributed by atoms with van der Waals surface area (Å²) in [6.45, 7) is 4.14. The number of sulfonamides is 1. The highest BCUT2D eigenvalue weighted by molar-refractivity contribution is 7.92. The van der Waals surface area contributed by atoms with Gasteiger partial charge in [-0.05, 0) is 43.7 Å². The summed E-state index contributed by atoms with van der Waals surface area (Å²) in [5, 5.41) is 3.49. The number of rotatable bonds is 7. The second-order valence-electron chi connectivity index (χ2n) is 5.29. The number of hydrogen-bond acceptors (Lipinski definition) is 5. The van der Waals surface area contributed by atoms with Crippen molar-refractivity contribution < 1.29 is 13.2 Å². The Balaban J connectivity index is 2.15. The molecule has 1 aromatic carbocycles. The second-order valence-corrected chi connectivity index (χ2v) is 7.38. The zero-order valence-corrected chi connectivity index (χ0v) is 15.3. The van der Waals surface area contributed by atoms with E-state index in [1.165, 1.54) is 25.3 Å². The Kier molecular flexibility index (Phi) is 5.90. The van der Waals surface area contributed by atoms with Crippen LogP contribution >= 0.6 is 11.6 Å². The van der Waals surface area contributed by atoms with Crippen molar-refractivity contribution in [1.29, 1.82) is 0 Å². The normalized spacial score (nSPS) is 12.5. The molecule has 0 aliphatic rings. The first-order chi connectivity index (χ1) is 11.4. The predicted molar refractivity (Wildman–Crippen MR) is 96.4 cm³/mol. The first-order valence-corrected chi connectivity index (χ1v) is 9.30. The van der Waals surface area contributed by atoms with E-state index in [1.54, 1.807) is 18.3 Å². The number of nitrogens with one attached hydrogen (secondary N) is 2. The Labute approximate surface area is 147 Å². The van der Waals surface area contributed by atoms with Gasteiger partial charge in [-0.25, -0.2) is 13.4 Å². The van der Waals surface area contributed by atoms with Gasteiger partial charge in [-0.15, -0.1) is 0 Å². The summed E-state index contributed by atoms with van der Waals surface area (Å²) >= 11 is 5.98. The van der Waals surface area contributed by atoms with Gasteiger partial charge in [0.1, 0.15) is 11.6 Å². The molecule has 0 spiro atoms. The van der Waals surface area contributed by atoms with Crippen molar-refractivity contribution in [2.24, 2.45) is 0 Å². The molecule has 130 valence electrons. The molecule has 0 fully saturated rings. The second kappa shape index (κ2) is 7.72. The van der Waals surface area contributed by atoms with E-state index >= 15 is 0 Å². The topological polar surface area (TPSA) is 80.3 Å². The van der Waals surface area contributed by atoms with E-state index in [9.17, 15) is 8.42 Å². The summed E-state index contributed by atoms with van der Waals surface area (Å²) in [4.78, 5) is 4.16. The molecule has 1 atom stereocenters. The fraction of sp³-hybridized carbons (Fsp3) is 0.312. The molecule has 0 aliphatic carbocycles. The van der Waals surface area contributed by atoms with Gasteiger partial charge in [0.15, 0.2) is 0 Å². The number of ether oxygens (including phenoxy) is 1. The lowest BCUT2D eigenvalue weighted by atomic mass is 10.2. The van der Waals surface area contributed by atoms with E-state index in [0.717, 1.165) is 12.1 Å². The van der Waals surface area contributed by atoms with Gasteiger partial charge in [0.05, 0.1) is 28.9 Å². The van der Waals surface area contributed by atoms with E-state index in [4.69, 9.17) is 16.3 Å². The summed E-state index contributed by atoms with van der Waals surface area (Å²) in [5.41, 5.74) is 0.833. The molecule has 1 aromatic heterocycles. The number of methoxy groups -OCH3 is 1. The highest BCUT2D eigenvalue weighted by atomic mass is 35.5. The Morgan fingerprint density at radius 3 is 2.58 bits per heavy atom. The third-order valence-electron chi connectivity index (χ3n) is 3.46. The third-order valence-corrected chi connectivity index (χ3v) is 5.11. The quantitative estimate of drug-likeness (QED) is 0.776. The van der Waals surface area contributed by atoms with Crippen LogP contribution < -0.4 is 14.8 Å². The van der Waals surface area contributed by atoms with Crippen LogP contribution in [0.15, 0.2) is 41.4 Å². The molecule has 0 bridgehead atoms. The van der Waals surface area contributed by atoms with Gasteiger partial charge in [-0.2, -0.15) is 0 Å². The molecule has 1 unspecified atom stereocenters. The van der Waals surface area contributed by atoms with Crippen LogP contribution in [-0.2, 0) is 10.0 Å². The van der Waals surface area contributed by atoms with Crippen LogP contribution in [0.2, 0.25) is 5.02 Å². The van der Waals surface area contributed by atoms with Crippen LogP contribution in [0.5, 0.6) is 5.75 Å². The number of anilines is 2. The lowest BCUT2D eigenvalue weighted by Gasteiger charge is -2.13. The van der Waals surface area contributed by atoms with Crippen molar-refractivity contribution in [1.82, 2.24) is 4.98 Å². The van der Waals surface area contributed by atoms with Gasteiger partial charge in [-0.3, -0.25) is 4.72 Å². The first kappa shape index (κ1) is 18.4. The monoisotopic (exact) mass is 369 g/mol. The number of pyridine rings is 1. The Bertz CT molecular complexity index is 795. The van der Waals surface area contributed by atoms with Gasteiger partial charge in [0, 0.05) is 6.04 Å². The maximum atomic E-state index is 12.4. The van der Waals surface area contributed by atoms with E-state index in [0.29, 0.717) is 11.8 Å². The van der Waals surface area contributed by atoms with Crippen molar-refractivity contribution in [3.63, 3.8) is 0 Å². The van der Waals surface area contributed by atoms with Crippen LogP contribution in [-0.4, -0.2) is 26.6 Å². The predicted octanol–water partition coefficient (Wildman–Crippen LogP) is 3.75. The molecule has 2 rings (SSSR count). The number of nitrogens with zero attached hydrogens (tertiary/aromatic N) is 1. The van der Waals surface area contributed by atoms with Crippen molar-refractivity contribution in [2.75, 3.05) is 17.1 Å². The first-order valence-electron chi connectivity index (χ1n) is 7.44. The van der Waals surface area contributed by atoms with Gasteiger partial charge in [-0.1, -0.05) is 18.5 Å². The van der Waals surface area contributed by atoms with Gasteiger partial charge in [0.2, 0.25) is 0 Å². The van der Waals surface area contributed by atoms with E-state index < -0.39 is 10.0 Å². The summed E-state index contributed by atoms with van der Waals surface area (Å²) in [7, 11) is -2.31. The lowest BCUT2D eigenvalue weighted by molar-refractivity contribution is 0.414. The molecule has 2 aromatic rings. The summed E-state index contributed by atoms with van der Waals surface area (Å²) < 4.78 is 32.2. The number of aromatic nitrogens is 1. The summed E-state index contributed by atoms with van der Waals surface area (Å²) in [6.07, 6.45) is 2.57. The smallest absolute Gasteiger partial charge is 0.263 e. The van der Waals surface area contributed by atoms with Gasteiger partial charge < -0.3 is 10.1 Å². The van der Waals surface area contributed by atoms with E-state index in [2.05, 4.69) is 28.9 Å². The molecule has 8 heteroatoms. The summed E-state index contributed by atoms with van der Waals surface area (Å²) in [5.74, 6) is 0.644. The maximum absolute atomic E-state index is 12.4. The molecule has 0 radical (unpaired) electrons. The van der Waals surface area contributed by atoms with Gasteiger partial charge in [0.25, 0.3) is 10.0 Å². The average molecular weight is 370 g/mol. The largest absolute Gasteiger partial charge is 0.495 e. The van der Waals surface area contributed by atoms with Crippen LogP contribution in [0.25, 0.3) is 0 Å². The SMILES string of the molecule is CCC(C)Nc1ccc(NS(=O)(=O)c2ccc(OC)c(Cl)c2)nc1. The molecule has 1 heterocycles. The average Bonchev–Trinajstić information content (AvgIpc) is 2.56. The van der Waals surface area contributed by atoms with Gasteiger partial charge >= 0.3 is 0 Å². The third kappa shape index (κ3) is 4.52. The highest BCUT2D eigenvalue weighted by Gasteiger charge is 2.17. The minimum Gasteiger partial charge on any atom is -0.495 e. The summed E-state index contributed by atoms with van der Waals surface area (Å²) in [6, 6.07) is 7.96. The number of hydrogen-bond donors (Lipinski definition) is 2. The van der Waals surface area contributed by atoms with Crippen LogP contribution in [0.1, 0.15) is 20.3 Å². The Morgan fingerprint density at radius 1 is 1.29 bits per heavy atom. The van der Waals surface area contributed by atoms with Crippen LogP contribution in [0, 0.1) is 0 Å². The zero-order chi connectivity index (χ0) is 17.7. The molecule has 0 saturated heterocycles. The zero-order valence-electron chi connectivity index (χ0n) is 13.7. The molecular formula is C16H20ClN3O3S. The molecule has 2 N–H and O–H groups in total. The molecule has 0 aliphatic heterocycles. The maximum Gasteiger partial charge on any atom is 0.263 e.